The zero-order valence-corrected chi connectivity index (χ0v) is 18.1. The first-order valence-corrected chi connectivity index (χ1v) is 10.8. The molecule has 1 N–H and O–H groups in total. The smallest absolute Gasteiger partial charge is 0.203 e. The summed E-state index contributed by atoms with van der Waals surface area (Å²) in [6.45, 7) is 0.523. The van der Waals surface area contributed by atoms with Crippen molar-refractivity contribution in [2.75, 3.05) is 5.43 Å². The second-order valence-corrected chi connectivity index (χ2v) is 8.08. The molecule has 0 saturated carbocycles. The van der Waals surface area contributed by atoms with Crippen molar-refractivity contribution >= 4 is 45.9 Å². The number of thiazole rings is 1. The van der Waals surface area contributed by atoms with Gasteiger partial charge in [0.2, 0.25) is 5.13 Å². The zero-order valence-electron chi connectivity index (χ0n) is 15.8. The molecule has 1 heterocycles. The molecule has 0 unspecified atom stereocenters. The van der Waals surface area contributed by atoms with Gasteiger partial charge in [0.15, 0.2) is 0 Å². The maximum atomic E-state index is 6.26. The number of ether oxygens (including phenoxy) is 1. The number of hydrogen-bond acceptors (Lipinski definition) is 5. The van der Waals surface area contributed by atoms with E-state index in [1.165, 1.54) is 11.3 Å². The number of rotatable bonds is 7. The van der Waals surface area contributed by atoms with Gasteiger partial charge in [0.05, 0.1) is 16.9 Å². The Hall–Kier alpha value is -2.86. The average Bonchev–Trinajstić information content (AvgIpc) is 3.22. The van der Waals surface area contributed by atoms with Gasteiger partial charge in [0, 0.05) is 16.0 Å². The molecule has 4 rings (SSSR count). The molecule has 0 spiro atoms. The van der Waals surface area contributed by atoms with Gasteiger partial charge in [-0.1, -0.05) is 65.7 Å². The van der Waals surface area contributed by atoms with Crippen LogP contribution in [0.25, 0.3) is 11.3 Å². The van der Waals surface area contributed by atoms with E-state index in [0.29, 0.717) is 21.8 Å². The second kappa shape index (κ2) is 9.76. The predicted octanol–water partition coefficient (Wildman–Crippen LogP) is 7.14. The summed E-state index contributed by atoms with van der Waals surface area (Å²) in [6, 6.07) is 23.2. The standard InChI is InChI=1S/C23H17Cl2N3OS/c24-18-9-10-20(21(25)12-18)22-15-30-23(27-22)28-26-13-17-7-4-8-19(11-17)29-14-16-5-2-1-3-6-16/h1-13,15H,14H2,(H,27,28)/b26-13-. The van der Waals surface area contributed by atoms with E-state index >= 15 is 0 Å². The molecule has 150 valence electrons. The van der Waals surface area contributed by atoms with Crippen molar-refractivity contribution in [3.8, 4) is 17.0 Å². The zero-order chi connectivity index (χ0) is 20.8. The summed E-state index contributed by atoms with van der Waals surface area (Å²) in [5, 5.41) is 8.03. The van der Waals surface area contributed by atoms with Crippen molar-refractivity contribution in [3.63, 3.8) is 0 Å². The molecule has 0 radical (unpaired) electrons. The van der Waals surface area contributed by atoms with Crippen LogP contribution in [0.15, 0.2) is 83.3 Å². The van der Waals surface area contributed by atoms with Gasteiger partial charge in [-0.25, -0.2) is 4.98 Å². The summed E-state index contributed by atoms with van der Waals surface area (Å²) in [6.07, 6.45) is 1.73. The minimum Gasteiger partial charge on any atom is -0.489 e. The lowest BCUT2D eigenvalue weighted by Gasteiger charge is -2.06. The molecule has 30 heavy (non-hydrogen) atoms. The largest absolute Gasteiger partial charge is 0.489 e. The molecular formula is C23H17Cl2N3OS. The Morgan fingerprint density at radius 1 is 1.00 bits per heavy atom. The van der Waals surface area contributed by atoms with E-state index in [4.69, 9.17) is 27.9 Å². The quantitative estimate of drug-likeness (QED) is 0.238. The third-order valence-corrected chi connectivity index (χ3v) is 5.49. The van der Waals surface area contributed by atoms with Gasteiger partial charge in [-0.3, -0.25) is 5.43 Å². The van der Waals surface area contributed by atoms with E-state index in [1.54, 1.807) is 18.3 Å². The lowest BCUT2D eigenvalue weighted by Crippen LogP contribution is -1.96. The third kappa shape index (κ3) is 5.39. The first kappa shape index (κ1) is 20.4. The number of hydrogen-bond donors (Lipinski definition) is 1. The molecule has 0 atom stereocenters. The van der Waals surface area contributed by atoms with E-state index in [-0.39, 0.29) is 0 Å². The lowest BCUT2D eigenvalue weighted by molar-refractivity contribution is 0.306. The molecule has 4 nitrogen and oxygen atoms in total. The Balaban J connectivity index is 1.37. The van der Waals surface area contributed by atoms with Gasteiger partial charge in [0.1, 0.15) is 12.4 Å². The van der Waals surface area contributed by atoms with Crippen LogP contribution in [-0.4, -0.2) is 11.2 Å². The molecule has 0 bridgehead atoms. The van der Waals surface area contributed by atoms with Crippen molar-refractivity contribution in [3.05, 3.63) is 99.3 Å². The molecule has 1 aromatic heterocycles. The molecule has 0 fully saturated rings. The second-order valence-electron chi connectivity index (χ2n) is 6.38. The number of halogens is 2. The van der Waals surface area contributed by atoms with Crippen LogP contribution >= 0.6 is 34.5 Å². The molecule has 3 aromatic carbocycles. The van der Waals surface area contributed by atoms with Crippen molar-refractivity contribution in [2.24, 2.45) is 5.10 Å². The number of nitrogens with zero attached hydrogens (tertiary/aromatic N) is 2. The highest BCUT2D eigenvalue weighted by molar-refractivity contribution is 7.14. The summed E-state index contributed by atoms with van der Waals surface area (Å²) >= 11 is 13.7. The van der Waals surface area contributed by atoms with Crippen LogP contribution in [0.5, 0.6) is 5.75 Å². The molecule has 0 aliphatic rings. The SMILES string of the molecule is Clc1ccc(-c2csc(N/N=C\c3cccc(OCc4ccccc4)c3)n2)c(Cl)c1. The third-order valence-electron chi connectivity index (χ3n) is 4.19. The maximum Gasteiger partial charge on any atom is 0.203 e. The van der Waals surface area contributed by atoms with Crippen LogP contribution in [0, 0.1) is 0 Å². The molecule has 0 saturated heterocycles. The van der Waals surface area contributed by atoms with Gasteiger partial charge >= 0.3 is 0 Å². The number of anilines is 1. The summed E-state index contributed by atoms with van der Waals surface area (Å²) in [4.78, 5) is 4.52. The molecule has 4 aromatic rings. The fourth-order valence-electron chi connectivity index (χ4n) is 2.73. The average molecular weight is 454 g/mol. The van der Waals surface area contributed by atoms with Crippen LogP contribution in [-0.2, 0) is 6.61 Å². The van der Waals surface area contributed by atoms with Crippen molar-refractivity contribution < 1.29 is 4.74 Å². The summed E-state index contributed by atoms with van der Waals surface area (Å²) in [5.41, 5.74) is 6.61. The molecule has 7 heteroatoms. The first-order chi connectivity index (χ1) is 14.7. The van der Waals surface area contributed by atoms with E-state index in [1.807, 2.05) is 66.0 Å². The highest BCUT2D eigenvalue weighted by Crippen LogP contribution is 2.32. The Morgan fingerprint density at radius 3 is 2.70 bits per heavy atom. The van der Waals surface area contributed by atoms with Gasteiger partial charge in [0.25, 0.3) is 0 Å². The summed E-state index contributed by atoms with van der Waals surface area (Å²) < 4.78 is 5.85. The minimum absolute atomic E-state index is 0.523. The van der Waals surface area contributed by atoms with E-state index in [9.17, 15) is 0 Å². The van der Waals surface area contributed by atoms with Crippen LogP contribution in [0.1, 0.15) is 11.1 Å². The van der Waals surface area contributed by atoms with Gasteiger partial charge in [-0.05, 0) is 41.5 Å². The topological polar surface area (TPSA) is 46.5 Å². The Kier molecular flexibility index (Phi) is 6.64. The van der Waals surface area contributed by atoms with Crippen LogP contribution in [0.4, 0.5) is 5.13 Å². The molecule has 0 amide bonds. The highest BCUT2D eigenvalue weighted by Gasteiger charge is 2.08. The van der Waals surface area contributed by atoms with Crippen LogP contribution in [0.3, 0.4) is 0 Å². The molecule has 0 aliphatic heterocycles. The summed E-state index contributed by atoms with van der Waals surface area (Å²) in [5.74, 6) is 0.789. The van der Waals surface area contributed by atoms with E-state index in [0.717, 1.165) is 28.1 Å². The number of hydrazone groups is 1. The Morgan fingerprint density at radius 2 is 1.87 bits per heavy atom. The predicted molar refractivity (Wildman–Crippen MR) is 126 cm³/mol. The normalized spacial score (nSPS) is 11.0. The molecular weight excluding hydrogens is 437 g/mol. The maximum absolute atomic E-state index is 6.26. The van der Waals surface area contributed by atoms with Gasteiger partial charge in [-0.2, -0.15) is 5.10 Å². The lowest BCUT2D eigenvalue weighted by atomic mass is 10.2. The highest BCUT2D eigenvalue weighted by atomic mass is 35.5. The first-order valence-electron chi connectivity index (χ1n) is 9.14. The van der Waals surface area contributed by atoms with Crippen molar-refractivity contribution in [2.45, 2.75) is 6.61 Å². The Labute approximate surface area is 188 Å². The Bertz CT molecular complexity index is 1160. The number of aromatic nitrogens is 1. The van der Waals surface area contributed by atoms with Crippen molar-refractivity contribution in [1.29, 1.82) is 0 Å². The van der Waals surface area contributed by atoms with Gasteiger partial charge < -0.3 is 4.74 Å². The number of benzene rings is 3. The minimum atomic E-state index is 0.523. The van der Waals surface area contributed by atoms with E-state index in [2.05, 4.69) is 15.5 Å². The molecule has 0 aliphatic carbocycles. The van der Waals surface area contributed by atoms with Gasteiger partial charge in [-0.15, -0.1) is 11.3 Å². The fraction of sp³-hybridized carbons (Fsp3) is 0.0435. The number of nitrogens with one attached hydrogen (secondary N) is 1. The summed E-state index contributed by atoms with van der Waals surface area (Å²) in [7, 11) is 0. The van der Waals surface area contributed by atoms with Crippen LogP contribution in [0.2, 0.25) is 10.0 Å². The van der Waals surface area contributed by atoms with E-state index < -0.39 is 0 Å². The fourth-order valence-corrected chi connectivity index (χ4v) is 3.90. The van der Waals surface area contributed by atoms with Crippen LogP contribution < -0.4 is 10.2 Å². The van der Waals surface area contributed by atoms with Crippen molar-refractivity contribution in [1.82, 2.24) is 4.98 Å². The monoisotopic (exact) mass is 453 g/mol.